The summed E-state index contributed by atoms with van der Waals surface area (Å²) in [6.07, 6.45) is 0.814. The van der Waals surface area contributed by atoms with Gasteiger partial charge >= 0.3 is 0 Å². The molecule has 0 aliphatic heterocycles. The largest absolute Gasteiger partial charge is 0.456 e. The van der Waals surface area contributed by atoms with Crippen molar-refractivity contribution >= 4 is 151 Å². The third kappa shape index (κ3) is 9.05. The molecule has 1 aliphatic rings. The van der Waals surface area contributed by atoms with E-state index in [0.29, 0.717) is 0 Å². The zero-order valence-corrected chi connectivity index (χ0v) is 63.5. The van der Waals surface area contributed by atoms with E-state index < -0.39 is 0 Å². The molecule has 1 heterocycles. The van der Waals surface area contributed by atoms with Gasteiger partial charge in [-0.2, -0.15) is 0 Å². The smallest absolute Gasteiger partial charge is 0.135 e. The highest BCUT2D eigenvalue weighted by Gasteiger charge is 2.40. The van der Waals surface area contributed by atoms with E-state index in [0.717, 1.165) is 39.5 Å². The summed E-state index contributed by atoms with van der Waals surface area (Å²) < 4.78 is 6.48. The molecule has 0 saturated heterocycles. The van der Waals surface area contributed by atoms with Gasteiger partial charge in [-0.15, -0.1) is 0 Å². The van der Waals surface area contributed by atoms with Crippen LogP contribution >= 0.6 is 0 Å². The van der Waals surface area contributed by atoms with Gasteiger partial charge in [0.05, 0.1) is 0 Å². The first-order valence-electron chi connectivity index (χ1n) is 40.7. The molecule has 0 bridgehead atoms. The molecule has 0 spiro atoms. The van der Waals surface area contributed by atoms with Crippen molar-refractivity contribution in [3.8, 4) is 100 Å². The Morgan fingerprint density at radius 3 is 1.18 bits per heavy atom. The Bertz CT molecular complexity index is 8470. The van der Waals surface area contributed by atoms with Gasteiger partial charge in [0.1, 0.15) is 11.2 Å². The van der Waals surface area contributed by atoms with Crippen LogP contribution in [0.25, 0.3) is 251 Å². The maximum Gasteiger partial charge on any atom is 0.135 e. The Morgan fingerprint density at radius 2 is 0.560 bits per heavy atom. The number of rotatable bonds is 10. The van der Waals surface area contributed by atoms with Gasteiger partial charge in [0.2, 0.25) is 0 Å². The second-order valence-corrected chi connectivity index (χ2v) is 32.9. The van der Waals surface area contributed by atoms with Crippen LogP contribution in [0, 0.1) is 0 Å². The lowest BCUT2D eigenvalue weighted by Crippen LogP contribution is -2.24. The first-order valence-corrected chi connectivity index (χ1v) is 40.7. The van der Waals surface area contributed by atoms with Crippen LogP contribution in [0.4, 0.5) is 0 Å². The monoisotopic (exact) mass is 1460 g/mol. The van der Waals surface area contributed by atoms with Crippen LogP contribution in [0.2, 0.25) is 0 Å². The number of para-hydroxylation sites is 1. The van der Waals surface area contributed by atoms with Crippen LogP contribution in [0.15, 0.2) is 387 Å². The maximum absolute atomic E-state index is 6.48. The average Bonchev–Trinajstić information content (AvgIpc) is 0.748. The SMILES string of the molecule is CC1(Cc2ccc3ccc4c(-c5cccc(-c6ccc7oc8ccccc8c7c6)c5-c5cccc(-c6ccc7ccc8cccc9ccc6c7c89)c5)ccc5ccc2c3c54)c2ccccc2-c2cc(-c3ccc(-c4ccc5ccc6cccc7ccc4c5c67)cc3-c3ccccc3-c3ccc4ccc5cccc6ccc3c4c56)ccc21. The quantitative estimate of drug-likeness (QED) is 0.124. The fourth-order valence-corrected chi connectivity index (χ4v) is 21.7. The van der Waals surface area contributed by atoms with Gasteiger partial charge < -0.3 is 4.42 Å². The number of benzene rings is 24. The van der Waals surface area contributed by atoms with Crippen LogP contribution in [-0.2, 0) is 11.8 Å². The summed E-state index contributed by atoms with van der Waals surface area (Å²) in [6, 6.07) is 146. The van der Waals surface area contributed by atoms with Crippen molar-refractivity contribution in [1.82, 2.24) is 0 Å². The maximum atomic E-state index is 6.48. The summed E-state index contributed by atoms with van der Waals surface area (Å²) in [4.78, 5) is 0. The molecule has 0 N–H and O–H groups in total. The molecule has 0 amide bonds. The Hall–Kier alpha value is -14.8. The highest BCUT2D eigenvalue weighted by Crippen LogP contribution is 2.56. The lowest BCUT2D eigenvalue weighted by atomic mass is 9.74. The Morgan fingerprint density at radius 1 is 0.190 bits per heavy atom. The number of hydrogen-bond donors (Lipinski definition) is 0. The van der Waals surface area contributed by atoms with Crippen LogP contribution in [0.5, 0.6) is 0 Å². The van der Waals surface area contributed by atoms with Crippen LogP contribution in [-0.4, -0.2) is 0 Å². The summed E-state index contributed by atoms with van der Waals surface area (Å²) >= 11 is 0. The summed E-state index contributed by atoms with van der Waals surface area (Å²) in [5.74, 6) is 0. The van der Waals surface area contributed by atoms with E-state index >= 15 is 0 Å². The summed E-state index contributed by atoms with van der Waals surface area (Å²) in [5, 5.41) is 33.1. The molecule has 1 aliphatic carbocycles. The predicted octanol–water partition coefficient (Wildman–Crippen LogP) is 32.0. The molecule has 1 nitrogen and oxygen atoms in total. The predicted molar refractivity (Wildman–Crippen MR) is 494 cm³/mol. The summed E-state index contributed by atoms with van der Waals surface area (Å²) in [6.45, 7) is 2.51. The molecule has 24 aromatic carbocycles. The zero-order valence-electron chi connectivity index (χ0n) is 63.5. The molecule has 1 atom stereocenters. The Kier molecular flexibility index (Phi) is 13.2. The van der Waals surface area contributed by atoms with Crippen molar-refractivity contribution < 1.29 is 4.42 Å². The van der Waals surface area contributed by atoms with E-state index in [4.69, 9.17) is 4.42 Å². The highest BCUT2D eigenvalue weighted by molar-refractivity contribution is 6.30. The van der Waals surface area contributed by atoms with Crippen molar-refractivity contribution in [1.29, 1.82) is 0 Å². The van der Waals surface area contributed by atoms with Crippen molar-refractivity contribution in [2.24, 2.45) is 0 Å². The third-order valence-corrected chi connectivity index (χ3v) is 27.0. The van der Waals surface area contributed by atoms with Gasteiger partial charge in [-0.25, -0.2) is 0 Å². The average molecular weight is 1470 g/mol. The Balaban J connectivity index is 0.623. The minimum absolute atomic E-state index is 0.366. The van der Waals surface area contributed by atoms with E-state index in [2.05, 4.69) is 389 Å². The fourth-order valence-electron chi connectivity index (χ4n) is 21.7. The van der Waals surface area contributed by atoms with Crippen molar-refractivity contribution in [2.75, 3.05) is 0 Å². The fraction of sp³-hybridized carbons (Fsp3) is 0.0261. The number of hydrogen-bond acceptors (Lipinski definition) is 1. The van der Waals surface area contributed by atoms with Gasteiger partial charge in [-0.1, -0.05) is 353 Å². The lowest BCUT2D eigenvalue weighted by molar-refractivity contribution is 0.585. The van der Waals surface area contributed by atoms with Crippen LogP contribution in [0.3, 0.4) is 0 Å². The van der Waals surface area contributed by atoms with Crippen molar-refractivity contribution in [3.63, 3.8) is 0 Å². The van der Waals surface area contributed by atoms with Gasteiger partial charge in [0.15, 0.2) is 0 Å². The standard InChI is InChI=1S/C115H68O/c1-115(102-27-6-4-23-92(102)100-63-79(47-59-103(100)115)85-51-46-78(84-50-38-74-33-30-67-14-9-17-70-43-56-96(84)112(74)107(67)70)62-99(85)89-22-3-2-21-88(89)90-53-40-75-34-31-68-15-10-18-71-44-57-97(90)113(75)108(68)71)65-82-36-35-72-45-58-98-91(54-41-76-39-52-87(82)110(72)114(76)98)94-26-12-25-86(80-48-60-105-101(64-80)93-24-5-7-28-104(93)116-105)109(94)81-20-11-19-77(61-81)83-49-37-73-32-29-66-13-8-16-69-42-55-95(83)111(73)106(66)69/h2-64H,65H2,1H3. The molecule has 1 aromatic heterocycles. The zero-order chi connectivity index (χ0) is 75.8. The first kappa shape index (κ1) is 63.8. The highest BCUT2D eigenvalue weighted by atomic mass is 16.3. The first-order chi connectivity index (χ1) is 57.4. The van der Waals surface area contributed by atoms with Gasteiger partial charge in [0.25, 0.3) is 0 Å². The van der Waals surface area contributed by atoms with E-state index in [9.17, 15) is 0 Å². The molecule has 0 saturated carbocycles. The molecule has 1 unspecified atom stereocenters. The van der Waals surface area contributed by atoms with Gasteiger partial charge in [-0.3, -0.25) is 0 Å². The molecule has 26 rings (SSSR count). The van der Waals surface area contributed by atoms with Crippen molar-refractivity contribution in [3.05, 3.63) is 399 Å². The van der Waals surface area contributed by atoms with E-state index in [1.807, 2.05) is 0 Å². The number of fused-ring (bicyclic) bond motifs is 6. The minimum Gasteiger partial charge on any atom is -0.456 e. The normalized spacial score (nSPS) is 13.8. The molecule has 116 heavy (non-hydrogen) atoms. The molecular weight excluding hydrogens is 1400 g/mol. The molecule has 1 heteroatoms. The minimum atomic E-state index is -0.366. The third-order valence-electron chi connectivity index (χ3n) is 27.0. The second kappa shape index (κ2) is 23.9. The summed E-state index contributed by atoms with van der Waals surface area (Å²) in [7, 11) is 0. The molecule has 0 fully saturated rings. The lowest BCUT2D eigenvalue weighted by Gasteiger charge is -2.29. The van der Waals surface area contributed by atoms with E-state index in [-0.39, 0.29) is 5.41 Å². The second-order valence-electron chi connectivity index (χ2n) is 32.9. The number of furan rings is 1. The summed E-state index contributed by atoms with van der Waals surface area (Å²) in [5.41, 5.74) is 27.2. The molecule has 534 valence electrons. The van der Waals surface area contributed by atoms with Gasteiger partial charge in [0, 0.05) is 16.2 Å². The molecular formula is C115H68O. The van der Waals surface area contributed by atoms with E-state index in [1.54, 1.807) is 0 Å². The van der Waals surface area contributed by atoms with Crippen molar-refractivity contribution in [2.45, 2.75) is 18.8 Å². The van der Waals surface area contributed by atoms with E-state index in [1.165, 1.54) is 235 Å². The topological polar surface area (TPSA) is 13.1 Å². The molecule has 0 radical (unpaired) electrons. The Labute approximate surface area is 668 Å². The van der Waals surface area contributed by atoms with Crippen LogP contribution < -0.4 is 0 Å². The van der Waals surface area contributed by atoms with Gasteiger partial charge in [-0.05, 0) is 289 Å². The van der Waals surface area contributed by atoms with Crippen LogP contribution in [0.1, 0.15) is 23.6 Å². The molecule has 25 aromatic rings.